The van der Waals surface area contributed by atoms with Crippen LogP contribution in [0.2, 0.25) is 0 Å². The van der Waals surface area contributed by atoms with Crippen LogP contribution in [0.25, 0.3) is 0 Å². The number of hydrogen-bond acceptors (Lipinski definition) is 4. The van der Waals surface area contributed by atoms with Crippen LogP contribution in [0.4, 0.5) is 30.5 Å². The van der Waals surface area contributed by atoms with Crippen molar-refractivity contribution >= 4 is 33.3 Å². The number of benzene rings is 1. The molecule has 0 unspecified atom stereocenters. The van der Waals surface area contributed by atoms with Gasteiger partial charge in [0.15, 0.2) is 0 Å². The molecule has 21 heavy (non-hydrogen) atoms. The zero-order chi connectivity index (χ0) is 15.6. The summed E-state index contributed by atoms with van der Waals surface area (Å²) >= 11 is 3.23. The average Bonchev–Trinajstić information content (AvgIpc) is 2.39. The molecule has 0 spiro atoms. The molecule has 8 heteroatoms. The van der Waals surface area contributed by atoms with Crippen molar-refractivity contribution in [2.45, 2.75) is 6.18 Å². The number of hydrogen-bond donors (Lipinski definition) is 2. The molecule has 2 aromatic rings. The molecule has 0 saturated heterocycles. The quantitative estimate of drug-likeness (QED) is 0.850. The minimum Gasteiger partial charge on any atom is -0.384 e. The molecule has 0 aliphatic rings. The topological polar surface area (TPSA) is 74.7 Å². The lowest BCUT2D eigenvalue weighted by Gasteiger charge is -2.12. The van der Waals surface area contributed by atoms with Gasteiger partial charge in [0.25, 0.3) is 0 Å². The molecule has 1 heterocycles. The summed E-state index contributed by atoms with van der Waals surface area (Å²) in [7, 11) is 0. The molecule has 3 N–H and O–H groups in total. The number of nitrogens with one attached hydrogen (secondary N) is 1. The van der Waals surface area contributed by atoms with Gasteiger partial charge in [0.05, 0.1) is 22.9 Å². The Kier molecular flexibility index (Phi) is 4.04. The Balaban J connectivity index is 2.36. The number of pyridine rings is 1. The maximum absolute atomic E-state index is 12.7. The minimum absolute atomic E-state index is 0.0345. The number of nitrogen functional groups attached to an aromatic ring is 1. The highest BCUT2D eigenvalue weighted by Gasteiger charge is 2.31. The Bertz CT molecular complexity index is 722. The van der Waals surface area contributed by atoms with Crippen LogP contribution in [-0.4, -0.2) is 4.98 Å². The lowest BCUT2D eigenvalue weighted by molar-refractivity contribution is -0.137. The summed E-state index contributed by atoms with van der Waals surface area (Å²) in [5, 5.41) is 11.5. The van der Waals surface area contributed by atoms with E-state index in [2.05, 4.69) is 26.2 Å². The van der Waals surface area contributed by atoms with Crippen molar-refractivity contribution in [2.24, 2.45) is 0 Å². The van der Waals surface area contributed by atoms with E-state index in [-0.39, 0.29) is 11.6 Å². The van der Waals surface area contributed by atoms with Crippen molar-refractivity contribution in [1.29, 1.82) is 5.26 Å². The monoisotopic (exact) mass is 356 g/mol. The summed E-state index contributed by atoms with van der Waals surface area (Å²) in [4.78, 5) is 3.81. The van der Waals surface area contributed by atoms with Crippen LogP contribution in [0.15, 0.2) is 34.8 Å². The number of alkyl halides is 3. The number of nitrogens with zero attached hydrogens (tertiary/aromatic N) is 2. The van der Waals surface area contributed by atoms with Crippen LogP contribution >= 0.6 is 15.9 Å². The van der Waals surface area contributed by atoms with Crippen LogP contribution in [-0.2, 0) is 6.18 Å². The molecule has 0 aliphatic carbocycles. The van der Waals surface area contributed by atoms with Crippen molar-refractivity contribution in [3.05, 3.63) is 45.9 Å². The Hall–Kier alpha value is -2.27. The van der Waals surface area contributed by atoms with Crippen molar-refractivity contribution in [1.82, 2.24) is 4.98 Å². The molecule has 0 radical (unpaired) electrons. The predicted molar refractivity (Wildman–Crippen MR) is 75.8 cm³/mol. The summed E-state index contributed by atoms with van der Waals surface area (Å²) in [6.07, 6.45) is -4.50. The van der Waals surface area contributed by atoms with Crippen LogP contribution in [0.3, 0.4) is 0 Å². The Labute approximate surface area is 126 Å². The normalized spacial score (nSPS) is 11.0. The number of nitriles is 1. The van der Waals surface area contributed by atoms with E-state index in [9.17, 15) is 13.2 Å². The van der Waals surface area contributed by atoms with E-state index in [0.717, 1.165) is 12.1 Å². The molecular formula is C13H8BrF3N4. The van der Waals surface area contributed by atoms with Gasteiger partial charge in [0.2, 0.25) is 0 Å². The Morgan fingerprint density at radius 3 is 2.52 bits per heavy atom. The fourth-order valence-electron chi connectivity index (χ4n) is 1.60. The number of nitrogens with two attached hydrogens (primary N) is 1. The van der Waals surface area contributed by atoms with Gasteiger partial charge >= 0.3 is 6.18 Å². The van der Waals surface area contributed by atoms with Gasteiger partial charge in [-0.15, -0.1) is 0 Å². The molecule has 0 aliphatic heterocycles. The molecule has 0 bridgehead atoms. The molecule has 4 nitrogen and oxygen atoms in total. The van der Waals surface area contributed by atoms with E-state index in [0.29, 0.717) is 15.7 Å². The van der Waals surface area contributed by atoms with Gasteiger partial charge in [0, 0.05) is 4.47 Å². The fourth-order valence-corrected chi connectivity index (χ4v) is 2.08. The Morgan fingerprint density at radius 2 is 1.95 bits per heavy atom. The molecule has 1 aromatic carbocycles. The van der Waals surface area contributed by atoms with Gasteiger partial charge in [0.1, 0.15) is 11.6 Å². The number of anilines is 3. The summed E-state index contributed by atoms with van der Waals surface area (Å²) in [5.41, 5.74) is 5.39. The highest BCUT2D eigenvalue weighted by Crippen LogP contribution is 2.33. The SMILES string of the molecule is N#Cc1ccc(Nc2cc(C(F)(F)F)cc(N)n2)c(Br)c1. The third kappa shape index (κ3) is 3.64. The van der Waals surface area contributed by atoms with E-state index < -0.39 is 11.7 Å². The highest BCUT2D eigenvalue weighted by molar-refractivity contribution is 9.10. The van der Waals surface area contributed by atoms with Gasteiger partial charge < -0.3 is 11.1 Å². The first kappa shape index (κ1) is 15.1. The second-order valence-corrected chi connectivity index (χ2v) is 4.95. The van der Waals surface area contributed by atoms with E-state index >= 15 is 0 Å². The average molecular weight is 357 g/mol. The summed E-state index contributed by atoms with van der Waals surface area (Å²) in [6.45, 7) is 0. The molecule has 0 fully saturated rings. The first-order valence-corrected chi connectivity index (χ1v) is 6.40. The number of aromatic nitrogens is 1. The van der Waals surface area contributed by atoms with Gasteiger partial charge in [-0.25, -0.2) is 4.98 Å². The molecule has 1 aromatic heterocycles. The fraction of sp³-hybridized carbons (Fsp3) is 0.0769. The van der Waals surface area contributed by atoms with Crippen molar-refractivity contribution in [3.63, 3.8) is 0 Å². The van der Waals surface area contributed by atoms with E-state index in [1.807, 2.05) is 6.07 Å². The van der Waals surface area contributed by atoms with Gasteiger partial charge in [-0.1, -0.05) is 0 Å². The molecular weight excluding hydrogens is 349 g/mol. The lowest BCUT2D eigenvalue weighted by Crippen LogP contribution is -2.08. The van der Waals surface area contributed by atoms with Crippen molar-refractivity contribution < 1.29 is 13.2 Å². The summed E-state index contributed by atoms with van der Waals surface area (Å²) in [5.74, 6) is -0.273. The van der Waals surface area contributed by atoms with E-state index in [1.165, 1.54) is 6.07 Å². The largest absolute Gasteiger partial charge is 0.416 e. The molecule has 0 amide bonds. The van der Waals surface area contributed by atoms with Gasteiger partial charge in [-0.05, 0) is 46.3 Å². The van der Waals surface area contributed by atoms with Crippen molar-refractivity contribution in [3.8, 4) is 6.07 Å². The van der Waals surface area contributed by atoms with E-state index in [1.54, 1.807) is 12.1 Å². The molecule has 0 atom stereocenters. The first-order chi connectivity index (χ1) is 9.79. The molecule has 108 valence electrons. The highest BCUT2D eigenvalue weighted by atomic mass is 79.9. The standard InChI is InChI=1S/C13H8BrF3N4/c14-9-3-7(6-18)1-2-10(9)20-12-5-8(13(15,16)17)4-11(19)21-12/h1-5H,(H3,19,20,21). The zero-order valence-electron chi connectivity index (χ0n) is 10.4. The van der Waals surface area contributed by atoms with Crippen LogP contribution in [0, 0.1) is 11.3 Å². The predicted octanol–water partition coefficient (Wildman–Crippen LogP) is 4.06. The molecule has 2 rings (SSSR count). The second kappa shape index (κ2) is 5.61. The maximum Gasteiger partial charge on any atom is 0.416 e. The minimum atomic E-state index is -4.50. The number of halogens is 4. The second-order valence-electron chi connectivity index (χ2n) is 4.10. The van der Waals surface area contributed by atoms with E-state index in [4.69, 9.17) is 11.0 Å². The Morgan fingerprint density at radius 1 is 1.24 bits per heavy atom. The first-order valence-electron chi connectivity index (χ1n) is 5.61. The zero-order valence-corrected chi connectivity index (χ0v) is 12.0. The number of rotatable bonds is 2. The van der Waals surface area contributed by atoms with Crippen LogP contribution < -0.4 is 11.1 Å². The van der Waals surface area contributed by atoms with Crippen LogP contribution in [0.5, 0.6) is 0 Å². The van der Waals surface area contributed by atoms with Crippen molar-refractivity contribution in [2.75, 3.05) is 11.1 Å². The molecule has 0 saturated carbocycles. The summed E-state index contributed by atoms with van der Waals surface area (Å²) < 4.78 is 38.7. The smallest absolute Gasteiger partial charge is 0.384 e. The lowest BCUT2D eigenvalue weighted by atomic mass is 10.2. The third-order valence-corrected chi connectivity index (χ3v) is 3.19. The van der Waals surface area contributed by atoms with Gasteiger partial charge in [-0.2, -0.15) is 18.4 Å². The van der Waals surface area contributed by atoms with Gasteiger partial charge in [-0.3, -0.25) is 0 Å². The van der Waals surface area contributed by atoms with Crippen LogP contribution in [0.1, 0.15) is 11.1 Å². The maximum atomic E-state index is 12.7. The summed E-state index contributed by atoms with van der Waals surface area (Å²) in [6, 6.07) is 8.21. The third-order valence-electron chi connectivity index (χ3n) is 2.53.